The number of hydrogen-bond donors (Lipinski definition) is 0. The van der Waals surface area contributed by atoms with E-state index in [1.807, 2.05) is 47.4 Å². The number of amides is 1. The highest BCUT2D eigenvalue weighted by atomic mass is 16.2. The van der Waals surface area contributed by atoms with Gasteiger partial charge in [0.05, 0.1) is 5.56 Å². The predicted molar refractivity (Wildman–Crippen MR) is 88.5 cm³/mol. The molecule has 4 heteroatoms. The molecule has 0 aliphatic carbocycles. The monoisotopic (exact) mass is 303 g/mol. The zero-order chi connectivity index (χ0) is 15.9. The maximum absolute atomic E-state index is 12.8. The van der Waals surface area contributed by atoms with E-state index in [0.717, 1.165) is 11.1 Å². The normalized spacial score (nSPS) is 10.3. The average molecular weight is 303 g/mol. The van der Waals surface area contributed by atoms with Crippen molar-refractivity contribution in [2.24, 2.45) is 0 Å². The summed E-state index contributed by atoms with van der Waals surface area (Å²) in [6, 6.07) is 17.4. The van der Waals surface area contributed by atoms with E-state index in [0.29, 0.717) is 18.7 Å². The minimum absolute atomic E-state index is 0.0363. The van der Waals surface area contributed by atoms with Gasteiger partial charge in [-0.05, 0) is 29.3 Å². The van der Waals surface area contributed by atoms with Gasteiger partial charge in [0.1, 0.15) is 0 Å². The molecule has 0 fully saturated rings. The first kappa shape index (κ1) is 14.9. The number of nitrogens with zero attached hydrogens (tertiary/aromatic N) is 3. The van der Waals surface area contributed by atoms with Crippen LogP contribution in [0.2, 0.25) is 0 Å². The van der Waals surface area contributed by atoms with Crippen LogP contribution in [-0.2, 0) is 13.1 Å². The molecule has 3 rings (SSSR count). The van der Waals surface area contributed by atoms with Crippen LogP contribution in [0.4, 0.5) is 0 Å². The zero-order valence-electron chi connectivity index (χ0n) is 12.7. The first-order chi connectivity index (χ1) is 11.3. The molecule has 0 N–H and O–H groups in total. The van der Waals surface area contributed by atoms with Crippen molar-refractivity contribution >= 4 is 5.91 Å². The maximum atomic E-state index is 12.8. The topological polar surface area (TPSA) is 46.1 Å². The molecule has 3 aromatic rings. The second-order valence-electron chi connectivity index (χ2n) is 5.25. The van der Waals surface area contributed by atoms with E-state index in [-0.39, 0.29) is 5.91 Å². The van der Waals surface area contributed by atoms with Crippen molar-refractivity contribution in [1.29, 1.82) is 0 Å². The number of pyridine rings is 2. The van der Waals surface area contributed by atoms with E-state index in [1.54, 1.807) is 36.9 Å². The van der Waals surface area contributed by atoms with E-state index in [2.05, 4.69) is 9.97 Å². The molecule has 0 aliphatic rings. The molecular formula is C19H17N3O. The Kier molecular flexibility index (Phi) is 4.74. The third kappa shape index (κ3) is 4.01. The number of hydrogen-bond acceptors (Lipinski definition) is 3. The van der Waals surface area contributed by atoms with Crippen LogP contribution in [0.1, 0.15) is 21.5 Å². The molecule has 2 heterocycles. The number of carbonyl (C=O) groups excluding carboxylic acids is 1. The van der Waals surface area contributed by atoms with Gasteiger partial charge in [-0.25, -0.2) is 0 Å². The third-order valence-electron chi connectivity index (χ3n) is 3.51. The van der Waals surface area contributed by atoms with Crippen molar-refractivity contribution in [3.05, 3.63) is 96.1 Å². The highest BCUT2D eigenvalue weighted by Gasteiger charge is 2.16. The summed E-state index contributed by atoms with van der Waals surface area (Å²) in [6.07, 6.45) is 6.78. The second kappa shape index (κ2) is 7.31. The van der Waals surface area contributed by atoms with Crippen molar-refractivity contribution < 1.29 is 4.79 Å². The van der Waals surface area contributed by atoms with E-state index in [1.165, 1.54) is 0 Å². The van der Waals surface area contributed by atoms with E-state index < -0.39 is 0 Å². The molecule has 2 aromatic heterocycles. The third-order valence-corrected chi connectivity index (χ3v) is 3.51. The fourth-order valence-electron chi connectivity index (χ4n) is 2.39. The fraction of sp³-hybridized carbons (Fsp3) is 0.105. The van der Waals surface area contributed by atoms with Crippen LogP contribution in [0.25, 0.3) is 0 Å². The summed E-state index contributed by atoms with van der Waals surface area (Å²) in [5, 5.41) is 0. The molecule has 0 bridgehead atoms. The Morgan fingerprint density at radius 3 is 2.09 bits per heavy atom. The van der Waals surface area contributed by atoms with Gasteiger partial charge in [-0.2, -0.15) is 0 Å². The minimum Gasteiger partial charge on any atom is -0.330 e. The summed E-state index contributed by atoms with van der Waals surface area (Å²) < 4.78 is 0. The lowest BCUT2D eigenvalue weighted by molar-refractivity contribution is 0.0729. The quantitative estimate of drug-likeness (QED) is 0.726. The standard InChI is InChI=1S/C19H17N3O/c23-19(18-9-5-11-21-13-18)22(14-16-6-2-1-3-7-16)15-17-8-4-10-20-12-17/h1-13H,14-15H2. The molecule has 0 spiro atoms. The van der Waals surface area contributed by atoms with Crippen LogP contribution in [-0.4, -0.2) is 20.8 Å². The lowest BCUT2D eigenvalue weighted by Gasteiger charge is -2.23. The van der Waals surface area contributed by atoms with Gasteiger partial charge in [0, 0.05) is 37.9 Å². The summed E-state index contributed by atoms with van der Waals surface area (Å²) in [5.41, 5.74) is 2.68. The first-order valence-electron chi connectivity index (χ1n) is 7.45. The molecule has 0 atom stereocenters. The Morgan fingerprint density at radius 1 is 0.783 bits per heavy atom. The van der Waals surface area contributed by atoms with Gasteiger partial charge < -0.3 is 4.90 Å². The summed E-state index contributed by atoms with van der Waals surface area (Å²) in [5.74, 6) is -0.0363. The molecule has 0 unspecified atom stereocenters. The lowest BCUT2D eigenvalue weighted by atomic mass is 10.1. The van der Waals surface area contributed by atoms with Gasteiger partial charge in [0.15, 0.2) is 0 Å². The van der Waals surface area contributed by atoms with Crippen molar-refractivity contribution in [1.82, 2.24) is 14.9 Å². The molecular weight excluding hydrogens is 286 g/mol. The molecule has 114 valence electrons. The van der Waals surface area contributed by atoms with E-state index in [9.17, 15) is 4.79 Å². The molecule has 23 heavy (non-hydrogen) atoms. The van der Waals surface area contributed by atoms with Crippen molar-refractivity contribution in [3.8, 4) is 0 Å². The molecule has 0 aliphatic heterocycles. The Balaban J connectivity index is 1.85. The van der Waals surface area contributed by atoms with E-state index in [4.69, 9.17) is 0 Å². The Morgan fingerprint density at radius 2 is 1.43 bits per heavy atom. The van der Waals surface area contributed by atoms with Gasteiger partial charge >= 0.3 is 0 Å². The van der Waals surface area contributed by atoms with Crippen molar-refractivity contribution in [2.75, 3.05) is 0 Å². The van der Waals surface area contributed by atoms with Crippen molar-refractivity contribution in [3.63, 3.8) is 0 Å². The van der Waals surface area contributed by atoms with Crippen LogP contribution in [0.5, 0.6) is 0 Å². The minimum atomic E-state index is -0.0363. The molecule has 0 radical (unpaired) electrons. The summed E-state index contributed by atoms with van der Waals surface area (Å²) in [6.45, 7) is 1.06. The molecule has 0 saturated heterocycles. The maximum Gasteiger partial charge on any atom is 0.256 e. The average Bonchev–Trinajstić information content (AvgIpc) is 2.63. The Bertz CT molecular complexity index is 704. The van der Waals surface area contributed by atoms with E-state index >= 15 is 0 Å². The second-order valence-corrected chi connectivity index (χ2v) is 5.25. The largest absolute Gasteiger partial charge is 0.330 e. The Labute approximate surface area is 135 Å². The van der Waals surface area contributed by atoms with Gasteiger partial charge in [-0.15, -0.1) is 0 Å². The van der Waals surface area contributed by atoms with Crippen molar-refractivity contribution in [2.45, 2.75) is 13.1 Å². The number of rotatable bonds is 5. The van der Waals surface area contributed by atoms with Gasteiger partial charge in [0.25, 0.3) is 5.91 Å². The summed E-state index contributed by atoms with van der Waals surface area (Å²) in [4.78, 5) is 22.8. The highest BCUT2D eigenvalue weighted by molar-refractivity contribution is 5.93. The number of benzene rings is 1. The van der Waals surface area contributed by atoms with Gasteiger partial charge in [0.2, 0.25) is 0 Å². The highest BCUT2D eigenvalue weighted by Crippen LogP contribution is 2.13. The molecule has 1 amide bonds. The zero-order valence-corrected chi connectivity index (χ0v) is 12.7. The van der Waals surface area contributed by atoms with Crippen LogP contribution >= 0.6 is 0 Å². The number of aromatic nitrogens is 2. The summed E-state index contributed by atoms with van der Waals surface area (Å²) >= 11 is 0. The molecule has 0 saturated carbocycles. The smallest absolute Gasteiger partial charge is 0.256 e. The molecule has 4 nitrogen and oxygen atoms in total. The van der Waals surface area contributed by atoms with Crippen LogP contribution < -0.4 is 0 Å². The van der Waals surface area contributed by atoms with Crippen LogP contribution in [0.3, 0.4) is 0 Å². The first-order valence-corrected chi connectivity index (χ1v) is 7.45. The summed E-state index contributed by atoms with van der Waals surface area (Å²) in [7, 11) is 0. The van der Waals surface area contributed by atoms with Crippen LogP contribution in [0, 0.1) is 0 Å². The lowest BCUT2D eigenvalue weighted by Crippen LogP contribution is -2.30. The predicted octanol–water partition coefficient (Wildman–Crippen LogP) is 3.32. The van der Waals surface area contributed by atoms with Crippen LogP contribution in [0.15, 0.2) is 79.4 Å². The van der Waals surface area contributed by atoms with Gasteiger partial charge in [-0.3, -0.25) is 14.8 Å². The fourth-order valence-corrected chi connectivity index (χ4v) is 2.39. The molecule has 1 aromatic carbocycles. The Hall–Kier alpha value is -3.01. The SMILES string of the molecule is O=C(c1cccnc1)N(Cc1ccccc1)Cc1cccnc1. The van der Waals surface area contributed by atoms with Gasteiger partial charge in [-0.1, -0.05) is 36.4 Å². The number of carbonyl (C=O) groups is 1.